The zero-order valence-corrected chi connectivity index (χ0v) is 16.3. The van der Waals surface area contributed by atoms with Gasteiger partial charge in [0.15, 0.2) is 5.92 Å². The highest BCUT2D eigenvalue weighted by molar-refractivity contribution is 5.96. The predicted molar refractivity (Wildman–Crippen MR) is 99.1 cm³/mol. The van der Waals surface area contributed by atoms with Crippen LogP contribution >= 0.6 is 0 Å². The second-order valence-electron chi connectivity index (χ2n) is 5.74. The zero-order valence-electron chi connectivity index (χ0n) is 16.3. The molecule has 0 aliphatic rings. The average molecular weight is 380 g/mol. The van der Waals surface area contributed by atoms with Crippen molar-refractivity contribution in [2.75, 3.05) is 41.3 Å². The summed E-state index contributed by atoms with van der Waals surface area (Å²) in [6.45, 7) is 2.88. The Morgan fingerprint density at radius 1 is 0.963 bits per heavy atom. The minimum atomic E-state index is -1.11. The molecule has 0 saturated carbocycles. The van der Waals surface area contributed by atoms with Crippen molar-refractivity contribution in [2.45, 2.75) is 18.9 Å². The SMILES string of the molecule is COCCOCO[C@@H](C)/C=C/[C@@H](c1ccccc1)C(C(=O)OC)C(=O)OC. The first-order valence-electron chi connectivity index (χ1n) is 8.62. The van der Waals surface area contributed by atoms with Gasteiger partial charge in [0.25, 0.3) is 0 Å². The van der Waals surface area contributed by atoms with E-state index in [-0.39, 0.29) is 12.9 Å². The number of ether oxygens (including phenoxy) is 5. The minimum absolute atomic E-state index is 0.113. The summed E-state index contributed by atoms with van der Waals surface area (Å²) in [5.41, 5.74) is 0.790. The summed E-state index contributed by atoms with van der Waals surface area (Å²) in [4.78, 5) is 24.4. The van der Waals surface area contributed by atoms with Gasteiger partial charge in [-0.2, -0.15) is 0 Å². The van der Waals surface area contributed by atoms with E-state index >= 15 is 0 Å². The molecule has 0 saturated heterocycles. The van der Waals surface area contributed by atoms with Crippen LogP contribution in [0.5, 0.6) is 0 Å². The number of hydrogen-bond acceptors (Lipinski definition) is 7. The number of esters is 2. The number of carbonyl (C=O) groups is 2. The summed E-state index contributed by atoms with van der Waals surface area (Å²) >= 11 is 0. The molecule has 0 aliphatic heterocycles. The Labute approximate surface area is 160 Å². The molecular formula is C20H28O7. The summed E-state index contributed by atoms with van der Waals surface area (Å²) in [5, 5.41) is 0. The van der Waals surface area contributed by atoms with Gasteiger partial charge in [-0.3, -0.25) is 9.59 Å². The first-order chi connectivity index (χ1) is 13.0. The largest absolute Gasteiger partial charge is 0.468 e. The molecule has 0 unspecified atom stereocenters. The Kier molecular flexibility index (Phi) is 11.0. The first-order valence-corrected chi connectivity index (χ1v) is 8.62. The normalized spacial score (nSPS) is 13.5. The summed E-state index contributed by atoms with van der Waals surface area (Å²) in [6.07, 6.45) is 3.25. The van der Waals surface area contributed by atoms with Crippen molar-refractivity contribution in [3.05, 3.63) is 48.0 Å². The van der Waals surface area contributed by atoms with Gasteiger partial charge in [0.1, 0.15) is 6.79 Å². The van der Waals surface area contributed by atoms with Gasteiger partial charge >= 0.3 is 11.9 Å². The average Bonchev–Trinajstić information content (AvgIpc) is 2.70. The lowest BCUT2D eigenvalue weighted by Gasteiger charge is -2.21. The van der Waals surface area contributed by atoms with Crippen LogP contribution < -0.4 is 0 Å². The minimum Gasteiger partial charge on any atom is -0.468 e. The molecule has 150 valence electrons. The fourth-order valence-electron chi connectivity index (χ4n) is 2.42. The van der Waals surface area contributed by atoms with Crippen LogP contribution in [0.2, 0.25) is 0 Å². The van der Waals surface area contributed by atoms with E-state index in [1.165, 1.54) is 14.2 Å². The van der Waals surface area contributed by atoms with Crippen molar-refractivity contribution in [2.24, 2.45) is 5.92 Å². The van der Waals surface area contributed by atoms with Gasteiger partial charge in [-0.1, -0.05) is 42.5 Å². The fraction of sp³-hybridized carbons (Fsp3) is 0.500. The molecule has 1 aromatic carbocycles. The Balaban J connectivity index is 2.92. The quantitative estimate of drug-likeness (QED) is 0.181. The van der Waals surface area contributed by atoms with Crippen LogP contribution in [0.4, 0.5) is 0 Å². The maximum absolute atomic E-state index is 12.2. The summed E-state index contributed by atoms with van der Waals surface area (Å²) in [7, 11) is 4.08. The Bertz CT molecular complexity index is 569. The molecule has 27 heavy (non-hydrogen) atoms. The third-order valence-corrected chi connectivity index (χ3v) is 3.89. The van der Waals surface area contributed by atoms with Crippen LogP contribution in [-0.4, -0.2) is 59.4 Å². The number of carbonyl (C=O) groups excluding carboxylic acids is 2. The molecule has 7 nitrogen and oxygen atoms in total. The highest BCUT2D eigenvalue weighted by Crippen LogP contribution is 2.29. The van der Waals surface area contributed by atoms with E-state index in [2.05, 4.69) is 0 Å². The Morgan fingerprint density at radius 2 is 1.59 bits per heavy atom. The molecule has 2 atom stereocenters. The van der Waals surface area contributed by atoms with Gasteiger partial charge in [-0.15, -0.1) is 0 Å². The van der Waals surface area contributed by atoms with E-state index < -0.39 is 23.8 Å². The van der Waals surface area contributed by atoms with E-state index in [4.69, 9.17) is 23.7 Å². The van der Waals surface area contributed by atoms with Crippen molar-refractivity contribution in [1.29, 1.82) is 0 Å². The van der Waals surface area contributed by atoms with Crippen molar-refractivity contribution in [3.63, 3.8) is 0 Å². The lowest BCUT2D eigenvalue weighted by Crippen LogP contribution is -2.31. The molecular weight excluding hydrogens is 352 g/mol. The maximum Gasteiger partial charge on any atom is 0.321 e. The van der Waals surface area contributed by atoms with Crippen LogP contribution in [0.15, 0.2) is 42.5 Å². The molecule has 0 heterocycles. The summed E-state index contributed by atoms with van der Waals surface area (Å²) in [6, 6.07) is 9.22. The summed E-state index contributed by atoms with van der Waals surface area (Å²) < 4.78 is 25.3. The van der Waals surface area contributed by atoms with Gasteiger partial charge in [0.2, 0.25) is 0 Å². The number of methoxy groups -OCH3 is 3. The Morgan fingerprint density at radius 3 is 2.15 bits per heavy atom. The molecule has 0 aliphatic carbocycles. The molecule has 7 heteroatoms. The third kappa shape index (κ3) is 7.90. The second kappa shape index (κ2) is 13.0. The van der Waals surface area contributed by atoms with Gasteiger partial charge in [0, 0.05) is 13.0 Å². The van der Waals surface area contributed by atoms with E-state index in [0.29, 0.717) is 13.2 Å². The maximum atomic E-state index is 12.2. The van der Waals surface area contributed by atoms with E-state index in [1.807, 2.05) is 37.3 Å². The zero-order chi connectivity index (χ0) is 20.1. The lowest BCUT2D eigenvalue weighted by molar-refractivity contribution is -0.159. The van der Waals surface area contributed by atoms with Gasteiger partial charge in [-0.25, -0.2) is 0 Å². The first kappa shape index (κ1) is 22.8. The van der Waals surface area contributed by atoms with Crippen molar-refractivity contribution in [1.82, 2.24) is 0 Å². The highest BCUT2D eigenvalue weighted by atomic mass is 16.7. The van der Waals surface area contributed by atoms with Gasteiger partial charge < -0.3 is 23.7 Å². The predicted octanol–water partition coefficient (Wildman–Crippen LogP) is 2.31. The number of rotatable bonds is 12. The van der Waals surface area contributed by atoms with Crippen molar-refractivity contribution in [3.8, 4) is 0 Å². The van der Waals surface area contributed by atoms with Crippen LogP contribution in [0, 0.1) is 5.92 Å². The van der Waals surface area contributed by atoms with Crippen molar-refractivity contribution < 1.29 is 33.3 Å². The standard InChI is InChI=1S/C20H28O7/c1-15(27-14-26-13-12-23-2)10-11-17(16-8-6-5-7-9-16)18(19(21)24-3)20(22)25-4/h5-11,15,17-18H,12-14H2,1-4H3/b11-10+/t15-,17-/m0/s1. The second-order valence-corrected chi connectivity index (χ2v) is 5.74. The molecule has 0 N–H and O–H groups in total. The van der Waals surface area contributed by atoms with Crippen LogP contribution in [0.1, 0.15) is 18.4 Å². The number of benzene rings is 1. The van der Waals surface area contributed by atoms with Crippen LogP contribution in [-0.2, 0) is 33.3 Å². The molecule has 1 rings (SSSR count). The Hall–Kier alpha value is -2.22. The fourth-order valence-corrected chi connectivity index (χ4v) is 2.42. The summed E-state index contributed by atoms with van der Waals surface area (Å²) in [5.74, 6) is -2.97. The molecule has 0 spiro atoms. The van der Waals surface area contributed by atoms with Gasteiger partial charge in [-0.05, 0) is 12.5 Å². The van der Waals surface area contributed by atoms with E-state index in [1.54, 1.807) is 19.3 Å². The number of hydrogen-bond donors (Lipinski definition) is 0. The third-order valence-electron chi connectivity index (χ3n) is 3.89. The molecule has 0 radical (unpaired) electrons. The van der Waals surface area contributed by atoms with Crippen LogP contribution in [0.25, 0.3) is 0 Å². The molecule has 1 aromatic rings. The molecule has 0 bridgehead atoms. The lowest BCUT2D eigenvalue weighted by atomic mass is 9.85. The molecule has 0 fully saturated rings. The van der Waals surface area contributed by atoms with E-state index in [0.717, 1.165) is 5.56 Å². The number of allylic oxidation sites excluding steroid dienone is 1. The monoisotopic (exact) mass is 380 g/mol. The van der Waals surface area contributed by atoms with Gasteiger partial charge in [0.05, 0.1) is 33.5 Å². The van der Waals surface area contributed by atoms with Crippen molar-refractivity contribution >= 4 is 11.9 Å². The van der Waals surface area contributed by atoms with Crippen LogP contribution in [0.3, 0.4) is 0 Å². The smallest absolute Gasteiger partial charge is 0.321 e. The molecule has 0 amide bonds. The molecule has 0 aromatic heterocycles. The van der Waals surface area contributed by atoms with E-state index in [9.17, 15) is 9.59 Å². The highest BCUT2D eigenvalue weighted by Gasteiger charge is 2.36. The topological polar surface area (TPSA) is 80.3 Å².